The molecule has 2 aromatic rings. The smallest absolute Gasteiger partial charge is 0.410 e. The fraction of sp³-hybridized carbons (Fsp3) is 0.444. The molecule has 2 bridgehead atoms. The van der Waals surface area contributed by atoms with E-state index in [0.29, 0.717) is 22.3 Å². The summed E-state index contributed by atoms with van der Waals surface area (Å²) in [7, 11) is 0. The number of fused-ring (bicyclic) bond motifs is 3. The monoisotopic (exact) mass is 536 g/mol. The molecule has 0 aromatic heterocycles. The minimum Gasteiger partial charge on any atom is -0.444 e. The first-order chi connectivity index (χ1) is 16.4. The molecular formula is C27H29BrN4O3. The molecule has 3 heterocycles. The molecule has 3 aliphatic heterocycles. The lowest BCUT2D eigenvalue weighted by Gasteiger charge is -2.36. The van der Waals surface area contributed by atoms with Crippen LogP contribution in [0, 0.1) is 11.3 Å². The lowest BCUT2D eigenvalue weighted by Crippen LogP contribution is -2.50. The molecule has 0 radical (unpaired) electrons. The highest BCUT2D eigenvalue weighted by molar-refractivity contribution is 9.10. The van der Waals surface area contributed by atoms with E-state index < -0.39 is 11.0 Å². The van der Waals surface area contributed by atoms with Crippen molar-refractivity contribution in [1.82, 2.24) is 4.90 Å². The number of ether oxygens (including phenoxy) is 1. The van der Waals surface area contributed by atoms with Gasteiger partial charge < -0.3 is 14.5 Å². The van der Waals surface area contributed by atoms with Crippen molar-refractivity contribution in [2.45, 2.75) is 64.1 Å². The number of hydrogen-bond donors (Lipinski definition) is 0. The van der Waals surface area contributed by atoms with Crippen molar-refractivity contribution in [3.05, 3.63) is 52.0 Å². The Morgan fingerprint density at radius 1 is 1.14 bits per heavy atom. The highest BCUT2D eigenvalue weighted by atomic mass is 79.9. The molecule has 2 unspecified atom stereocenters. The van der Waals surface area contributed by atoms with Gasteiger partial charge in [0.15, 0.2) is 0 Å². The van der Waals surface area contributed by atoms with Crippen LogP contribution in [-0.4, -0.2) is 47.7 Å². The molecule has 2 fully saturated rings. The minimum atomic E-state index is -0.708. The maximum absolute atomic E-state index is 13.6. The van der Waals surface area contributed by atoms with Crippen LogP contribution >= 0.6 is 15.9 Å². The average Bonchev–Trinajstić information content (AvgIpc) is 3.44. The predicted molar refractivity (Wildman–Crippen MR) is 138 cm³/mol. The highest BCUT2D eigenvalue weighted by Crippen LogP contribution is 2.49. The number of anilines is 3. The number of nitrogens with zero attached hydrogens (tertiary/aromatic N) is 4. The SMILES string of the molecule is CC(C)(C)OC(=O)N1CC2CC1CN2c1ccc2c(c1)N(c1cccc(Br)c1C#N)C(=O)C2(C)C. The standard InChI is InChI=1S/C27H29BrN4O3/c1-26(2,3)35-25(34)31-15-17-11-18(31)14-30(17)16-9-10-20-23(12-16)32(24(33)27(20,4)5)22-8-6-7-21(28)19(22)13-29/h6-10,12,17-18H,11,14-15H2,1-5H3. The first kappa shape index (κ1) is 23.7. The fourth-order valence-electron chi connectivity index (χ4n) is 5.49. The Bertz CT molecular complexity index is 1280. The second kappa shape index (κ2) is 7.99. The van der Waals surface area contributed by atoms with Gasteiger partial charge in [0.05, 0.1) is 28.4 Å². The number of nitriles is 1. The molecule has 182 valence electrons. The zero-order valence-electron chi connectivity index (χ0n) is 20.6. The van der Waals surface area contributed by atoms with E-state index in [-0.39, 0.29) is 24.1 Å². The number of amides is 2. The van der Waals surface area contributed by atoms with E-state index >= 15 is 0 Å². The molecule has 8 heteroatoms. The second-order valence-electron chi connectivity index (χ2n) is 11.0. The van der Waals surface area contributed by atoms with Gasteiger partial charge in [-0.25, -0.2) is 4.79 Å². The van der Waals surface area contributed by atoms with Crippen LogP contribution in [0.15, 0.2) is 40.9 Å². The van der Waals surface area contributed by atoms with Crippen LogP contribution < -0.4 is 9.80 Å². The third-order valence-electron chi connectivity index (χ3n) is 7.18. The Morgan fingerprint density at radius 2 is 1.89 bits per heavy atom. The van der Waals surface area contributed by atoms with Gasteiger partial charge in [0.25, 0.3) is 0 Å². The quantitative estimate of drug-likeness (QED) is 0.508. The van der Waals surface area contributed by atoms with Crippen LogP contribution in [0.5, 0.6) is 0 Å². The number of carbonyl (C=O) groups is 2. The number of piperazine rings is 1. The van der Waals surface area contributed by atoms with E-state index in [9.17, 15) is 14.9 Å². The molecule has 0 spiro atoms. The van der Waals surface area contributed by atoms with Crippen LogP contribution in [0.4, 0.5) is 21.9 Å². The summed E-state index contributed by atoms with van der Waals surface area (Å²) in [6, 6.07) is 14.2. The Hall–Kier alpha value is -3.05. The van der Waals surface area contributed by atoms with Crippen LogP contribution in [0.1, 0.15) is 52.2 Å². The maximum Gasteiger partial charge on any atom is 0.410 e. The predicted octanol–water partition coefficient (Wildman–Crippen LogP) is 5.47. The Labute approximate surface area is 214 Å². The van der Waals surface area contributed by atoms with Crippen molar-refractivity contribution in [2.75, 3.05) is 22.9 Å². The van der Waals surface area contributed by atoms with Gasteiger partial charge in [-0.15, -0.1) is 0 Å². The molecule has 35 heavy (non-hydrogen) atoms. The first-order valence-corrected chi connectivity index (χ1v) is 12.7. The second-order valence-corrected chi connectivity index (χ2v) is 11.9. The summed E-state index contributed by atoms with van der Waals surface area (Å²) in [6.45, 7) is 10.8. The van der Waals surface area contributed by atoms with Crippen LogP contribution in [0.2, 0.25) is 0 Å². The van der Waals surface area contributed by atoms with Crippen molar-refractivity contribution in [3.8, 4) is 6.07 Å². The molecule has 0 saturated carbocycles. The van der Waals surface area contributed by atoms with Gasteiger partial charge in [-0.05, 0) is 86.8 Å². The van der Waals surface area contributed by atoms with E-state index in [1.165, 1.54) is 0 Å². The van der Waals surface area contributed by atoms with Gasteiger partial charge >= 0.3 is 6.09 Å². The van der Waals surface area contributed by atoms with E-state index in [0.717, 1.165) is 29.9 Å². The maximum atomic E-state index is 13.6. The Balaban J connectivity index is 1.47. The van der Waals surface area contributed by atoms with Crippen LogP contribution in [0.25, 0.3) is 0 Å². The normalized spacial score (nSPS) is 22.4. The molecule has 5 rings (SSSR count). The number of hydrogen-bond acceptors (Lipinski definition) is 5. The van der Waals surface area contributed by atoms with Gasteiger partial charge in [0, 0.05) is 29.3 Å². The van der Waals surface area contributed by atoms with Crippen molar-refractivity contribution in [1.29, 1.82) is 5.26 Å². The molecular weight excluding hydrogens is 508 g/mol. The number of carbonyl (C=O) groups excluding carboxylic acids is 2. The summed E-state index contributed by atoms with van der Waals surface area (Å²) >= 11 is 3.46. The third kappa shape index (κ3) is 3.77. The van der Waals surface area contributed by atoms with E-state index in [4.69, 9.17) is 4.74 Å². The molecule has 3 aliphatic rings. The number of rotatable bonds is 2. The molecule has 2 aromatic carbocycles. The third-order valence-corrected chi connectivity index (χ3v) is 7.84. The molecule has 2 saturated heterocycles. The zero-order chi connectivity index (χ0) is 25.3. The zero-order valence-corrected chi connectivity index (χ0v) is 22.2. The van der Waals surface area contributed by atoms with Crippen molar-refractivity contribution >= 4 is 45.0 Å². The van der Waals surface area contributed by atoms with Gasteiger partial charge in [-0.1, -0.05) is 12.1 Å². The number of likely N-dealkylation sites (tertiary alicyclic amines) is 1. The van der Waals surface area contributed by atoms with E-state index in [1.54, 1.807) is 4.90 Å². The minimum absolute atomic E-state index is 0.0571. The average molecular weight is 537 g/mol. The summed E-state index contributed by atoms with van der Waals surface area (Å²) in [6.07, 6.45) is 0.644. The number of benzene rings is 2. The summed E-state index contributed by atoms with van der Waals surface area (Å²) < 4.78 is 6.26. The van der Waals surface area contributed by atoms with Crippen LogP contribution in [0.3, 0.4) is 0 Å². The topological polar surface area (TPSA) is 76.9 Å². The van der Waals surface area contributed by atoms with E-state index in [1.807, 2.05) is 63.8 Å². The summed E-state index contributed by atoms with van der Waals surface area (Å²) in [5.41, 5.74) is 2.55. The summed E-state index contributed by atoms with van der Waals surface area (Å²) in [5.74, 6) is -0.0571. The molecule has 2 amide bonds. The van der Waals surface area contributed by atoms with Gasteiger partial charge in [0.2, 0.25) is 5.91 Å². The van der Waals surface area contributed by atoms with Crippen LogP contribution in [-0.2, 0) is 14.9 Å². The Morgan fingerprint density at radius 3 is 2.51 bits per heavy atom. The lowest BCUT2D eigenvalue weighted by atomic mass is 9.86. The molecule has 0 aliphatic carbocycles. The largest absolute Gasteiger partial charge is 0.444 e. The number of halogens is 1. The summed E-state index contributed by atoms with van der Waals surface area (Å²) in [5, 5.41) is 9.79. The Kier molecular flexibility index (Phi) is 5.41. The fourth-order valence-corrected chi connectivity index (χ4v) is 5.94. The molecule has 0 N–H and O–H groups in total. The molecule has 7 nitrogen and oxygen atoms in total. The van der Waals surface area contributed by atoms with Gasteiger partial charge in [0.1, 0.15) is 11.7 Å². The first-order valence-electron chi connectivity index (χ1n) is 11.9. The lowest BCUT2D eigenvalue weighted by molar-refractivity contribution is -0.121. The summed E-state index contributed by atoms with van der Waals surface area (Å²) in [4.78, 5) is 32.1. The van der Waals surface area contributed by atoms with Crippen molar-refractivity contribution < 1.29 is 14.3 Å². The van der Waals surface area contributed by atoms with E-state index in [2.05, 4.69) is 39.0 Å². The van der Waals surface area contributed by atoms with Crippen molar-refractivity contribution in [3.63, 3.8) is 0 Å². The van der Waals surface area contributed by atoms with Gasteiger partial charge in [-0.2, -0.15) is 5.26 Å². The molecule has 2 atom stereocenters. The van der Waals surface area contributed by atoms with Crippen molar-refractivity contribution in [2.24, 2.45) is 0 Å². The highest BCUT2D eigenvalue weighted by Gasteiger charge is 2.48. The van der Waals surface area contributed by atoms with Gasteiger partial charge in [-0.3, -0.25) is 9.69 Å².